The molecular formula is C30H30Cl2N6O8S. The average Bonchev–Trinajstić information content (AvgIpc) is 3.03. The van der Waals surface area contributed by atoms with Gasteiger partial charge >= 0.3 is 18.0 Å². The van der Waals surface area contributed by atoms with Crippen molar-refractivity contribution in [3.63, 3.8) is 0 Å². The summed E-state index contributed by atoms with van der Waals surface area (Å²) in [5.41, 5.74) is 0.507. The van der Waals surface area contributed by atoms with Gasteiger partial charge in [0, 0.05) is 30.9 Å². The van der Waals surface area contributed by atoms with E-state index in [1.165, 1.54) is 42.3 Å². The largest absolute Gasteiger partial charge is 0.481 e. The molecule has 0 radical (unpaired) electrons. The first-order valence-electron chi connectivity index (χ1n) is 13.5. The molecule has 4 aromatic rings. The molecular weight excluding hydrogens is 675 g/mol. The van der Waals surface area contributed by atoms with Crippen molar-refractivity contribution in [2.24, 2.45) is 0 Å². The molecule has 0 atom stereocenters. The molecule has 0 fully saturated rings. The molecule has 0 saturated carbocycles. The molecule has 4 rings (SSSR count). The normalized spacial score (nSPS) is 10.4. The lowest BCUT2D eigenvalue weighted by molar-refractivity contribution is 0.0521. The van der Waals surface area contributed by atoms with E-state index in [2.05, 4.69) is 20.6 Å². The summed E-state index contributed by atoms with van der Waals surface area (Å²) in [4.78, 5) is 44.1. The molecule has 248 valence electrons. The van der Waals surface area contributed by atoms with E-state index >= 15 is 0 Å². The molecule has 0 aliphatic carbocycles. The van der Waals surface area contributed by atoms with Crippen molar-refractivity contribution >= 4 is 62.9 Å². The number of hydrogen-bond acceptors (Lipinski definition) is 10. The summed E-state index contributed by atoms with van der Waals surface area (Å²) in [6.07, 6.45) is 0. The molecule has 1 heterocycles. The number of amides is 4. The summed E-state index contributed by atoms with van der Waals surface area (Å²) in [6, 6.07) is 19.6. The van der Waals surface area contributed by atoms with E-state index in [0.717, 1.165) is 0 Å². The van der Waals surface area contributed by atoms with Crippen LogP contribution in [-0.4, -0.2) is 69.1 Å². The lowest BCUT2D eigenvalue weighted by Gasteiger charge is -2.12. The van der Waals surface area contributed by atoms with Gasteiger partial charge in [-0.2, -0.15) is 4.98 Å². The van der Waals surface area contributed by atoms with Crippen LogP contribution in [0.4, 0.5) is 21.2 Å². The maximum Gasteiger partial charge on any atom is 0.339 e. The van der Waals surface area contributed by atoms with E-state index in [0.29, 0.717) is 22.2 Å². The SMILES string of the molecule is CCOC(=O)c1ccccc1S(=O)(=O)NC(=O)Nc1nc(Cl)cc(OC)n1.CN(C)C(=O)Nc1ccc(Oc2ccc(Cl)cc2)cc1. The van der Waals surface area contributed by atoms with Crippen LogP contribution in [0, 0.1) is 0 Å². The number of nitrogens with one attached hydrogen (secondary N) is 3. The van der Waals surface area contributed by atoms with Gasteiger partial charge in [0.25, 0.3) is 10.0 Å². The number of aromatic nitrogens is 2. The first kappa shape index (κ1) is 36.3. The molecule has 0 aliphatic heterocycles. The van der Waals surface area contributed by atoms with Crippen LogP contribution in [0.1, 0.15) is 17.3 Å². The van der Waals surface area contributed by atoms with Gasteiger partial charge in [0.15, 0.2) is 0 Å². The second-order valence-corrected chi connectivity index (χ2v) is 11.7. The molecule has 4 amide bonds. The van der Waals surface area contributed by atoms with Crippen LogP contribution in [0.25, 0.3) is 0 Å². The summed E-state index contributed by atoms with van der Waals surface area (Å²) in [5.74, 6) is 0.364. The van der Waals surface area contributed by atoms with E-state index in [9.17, 15) is 22.8 Å². The second kappa shape index (κ2) is 17.0. The van der Waals surface area contributed by atoms with Gasteiger partial charge in [-0.05, 0) is 67.6 Å². The first-order valence-corrected chi connectivity index (χ1v) is 15.8. The molecule has 14 nitrogen and oxygen atoms in total. The predicted octanol–water partition coefficient (Wildman–Crippen LogP) is 6.05. The monoisotopic (exact) mass is 704 g/mol. The van der Waals surface area contributed by atoms with Gasteiger partial charge in [-0.15, -0.1) is 0 Å². The maximum atomic E-state index is 12.5. The Hall–Kier alpha value is -5.12. The fourth-order valence-corrected chi connectivity index (χ4v) is 4.82. The zero-order valence-corrected chi connectivity index (χ0v) is 27.8. The Morgan fingerprint density at radius 2 is 1.49 bits per heavy atom. The van der Waals surface area contributed by atoms with Crippen molar-refractivity contribution in [3.8, 4) is 17.4 Å². The number of methoxy groups -OCH3 is 1. The Morgan fingerprint density at radius 1 is 0.872 bits per heavy atom. The van der Waals surface area contributed by atoms with Crippen LogP contribution < -0.4 is 24.8 Å². The van der Waals surface area contributed by atoms with E-state index in [1.54, 1.807) is 74.3 Å². The fraction of sp³-hybridized carbons (Fsp3) is 0.167. The number of halogens is 2. The molecule has 47 heavy (non-hydrogen) atoms. The topological polar surface area (TPSA) is 178 Å². The maximum absolute atomic E-state index is 12.5. The summed E-state index contributed by atoms with van der Waals surface area (Å²) >= 11 is 11.6. The minimum atomic E-state index is -4.38. The highest BCUT2D eigenvalue weighted by molar-refractivity contribution is 7.90. The molecule has 0 unspecified atom stereocenters. The number of ether oxygens (including phenoxy) is 3. The van der Waals surface area contributed by atoms with E-state index < -0.39 is 26.9 Å². The summed E-state index contributed by atoms with van der Waals surface area (Å²) in [7, 11) is 0.326. The number of carbonyl (C=O) groups excluding carboxylic acids is 3. The second-order valence-electron chi connectivity index (χ2n) is 9.24. The van der Waals surface area contributed by atoms with Gasteiger partial charge in [0.1, 0.15) is 21.5 Å². The molecule has 3 aromatic carbocycles. The number of urea groups is 2. The fourth-order valence-electron chi connectivity index (χ4n) is 3.42. The minimum absolute atomic E-state index is 0.0207. The highest BCUT2D eigenvalue weighted by Gasteiger charge is 2.25. The average molecular weight is 706 g/mol. The van der Waals surface area contributed by atoms with Crippen LogP contribution in [-0.2, 0) is 14.8 Å². The quantitative estimate of drug-likeness (QED) is 0.137. The Labute approximate surface area is 281 Å². The lowest BCUT2D eigenvalue weighted by atomic mass is 10.2. The van der Waals surface area contributed by atoms with Gasteiger partial charge in [-0.1, -0.05) is 35.3 Å². The minimum Gasteiger partial charge on any atom is -0.481 e. The Kier molecular flexibility index (Phi) is 13.1. The third-order valence-corrected chi connectivity index (χ3v) is 7.40. The third-order valence-electron chi connectivity index (χ3n) is 5.57. The first-order chi connectivity index (χ1) is 22.3. The summed E-state index contributed by atoms with van der Waals surface area (Å²) in [6.45, 7) is 1.65. The van der Waals surface area contributed by atoms with Crippen LogP contribution in [0.15, 0.2) is 83.8 Å². The molecule has 1 aromatic heterocycles. The molecule has 0 aliphatic rings. The van der Waals surface area contributed by atoms with E-state index in [4.69, 9.17) is 37.4 Å². The van der Waals surface area contributed by atoms with Gasteiger partial charge < -0.3 is 24.4 Å². The van der Waals surface area contributed by atoms with E-state index in [-0.39, 0.29) is 35.2 Å². The summed E-state index contributed by atoms with van der Waals surface area (Å²) in [5, 5.41) is 5.52. The Bertz CT molecular complexity index is 1810. The van der Waals surface area contributed by atoms with Crippen molar-refractivity contribution in [1.82, 2.24) is 19.6 Å². The Morgan fingerprint density at radius 3 is 2.09 bits per heavy atom. The number of benzene rings is 3. The third kappa shape index (κ3) is 11.3. The summed E-state index contributed by atoms with van der Waals surface area (Å²) < 4.78 is 42.1. The number of anilines is 2. The number of carbonyl (C=O) groups is 3. The van der Waals surface area contributed by atoms with Crippen LogP contribution in [0.2, 0.25) is 10.2 Å². The highest BCUT2D eigenvalue weighted by atomic mass is 35.5. The lowest BCUT2D eigenvalue weighted by Crippen LogP contribution is -2.35. The molecule has 3 N–H and O–H groups in total. The van der Waals surface area contributed by atoms with Crippen molar-refractivity contribution in [3.05, 3.63) is 94.6 Å². The number of hydrogen-bond donors (Lipinski definition) is 3. The van der Waals surface area contributed by atoms with Crippen molar-refractivity contribution in [2.45, 2.75) is 11.8 Å². The van der Waals surface area contributed by atoms with Gasteiger partial charge in [-0.3, -0.25) is 5.32 Å². The molecule has 0 saturated heterocycles. The van der Waals surface area contributed by atoms with Gasteiger partial charge in [0.05, 0.1) is 19.3 Å². The van der Waals surface area contributed by atoms with E-state index in [1.807, 2.05) is 0 Å². The van der Waals surface area contributed by atoms with Crippen LogP contribution >= 0.6 is 23.2 Å². The number of esters is 1. The number of rotatable bonds is 9. The van der Waals surface area contributed by atoms with Crippen LogP contribution in [0.3, 0.4) is 0 Å². The van der Waals surface area contributed by atoms with Gasteiger partial charge in [-0.25, -0.2) is 32.5 Å². The molecule has 17 heteroatoms. The standard InChI is InChI=1S/C15H15ClN4O6S.C15H15ClN2O2/c1-3-26-13(21)9-6-4-5-7-10(9)27(23,24)20-15(22)19-14-17-11(16)8-12(18-14)25-2;1-18(2)15(19)17-12-5-9-14(10-6-12)20-13-7-3-11(16)4-8-13/h4-8H,3H2,1-2H3,(H2,17,18,19,20,22);3-10H,1-2H3,(H,17,19). The predicted molar refractivity (Wildman–Crippen MR) is 176 cm³/mol. The number of sulfonamides is 1. The highest BCUT2D eigenvalue weighted by Crippen LogP contribution is 2.24. The van der Waals surface area contributed by atoms with Gasteiger partial charge in [0.2, 0.25) is 11.8 Å². The number of nitrogens with zero attached hydrogens (tertiary/aromatic N) is 3. The van der Waals surface area contributed by atoms with Crippen molar-refractivity contribution < 1.29 is 37.0 Å². The van der Waals surface area contributed by atoms with Crippen molar-refractivity contribution in [1.29, 1.82) is 0 Å². The van der Waals surface area contributed by atoms with Crippen LogP contribution in [0.5, 0.6) is 17.4 Å². The molecule has 0 spiro atoms. The Balaban J connectivity index is 0.000000267. The zero-order valence-electron chi connectivity index (χ0n) is 25.5. The van der Waals surface area contributed by atoms with Crippen molar-refractivity contribution in [2.75, 3.05) is 38.4 Å². The molecule has 0 bridgehead atoms. The zero-order chi connectivity index (χ0) is 34.6. The smallest absolute Gasteiger partial charge is 0.339 e.